The van der Waals surface area contributed by atoms with Crippen LogP contribution in [0.5, 0.6) is 0 Å². The monoisotopic (exact) mass is 267 g/mol. The highest BCUT2D eigenvalue weighted by Gasteiger charge is 2.40. The molecular formula is C15H25NO3. The SMILES string of the molecule is C/C=C/CCNC(=O)CC1CCC2(CC1)OCCO2. The van der Waals surface area contributed by atoms with Gasteiger partial charge in [0.25, 0.3) is 0 Å². The van der Waals surface area contributed by atoms with Crippen LogP contribution in [0.2, 0.25) is 0 Å². The quantitative estimate of drug-likeness (QED) is 0.614. The predicted octanol–water partition coefficient (Wildman–Crippen LogP) is 2.39. The Balaban J connectivity index is 1.63. The molecule has 0 atom stereocenters. The molecule has 1 spiro atoms. The Labute approximate surface area is 115 Å². The van der Waals surface area contributed by atoms with Gasteiger partial charge in [0, 0.05) is 25.8 Å². The summed E-state index contributed by atoms with van der Waals surface area (Å²) >= 11 is 0. The van der Waals surface area contributed by atoms with Crippen molar-refractivity contribution >= 4 is 5.91 Å². The fraction of sp³-hybridized carbons (Fsp3) is 0.800. The van der Waals surface area contributed by atoms with Crippen molar-refractivity contribution in [3.05, 3.63) is 12.2 Å². The lowest BCUT2D eigenvalue weighted by Gasteiger charge is -2.35. The standard InChI is InChI=1S/C15H25NO3/c1-2-3-4-9-16-14(17)12-13-5-7-15(8-6-13)18-10-11-19-15/h2-3,13H,4-12H2,1H3,(H,16,17)/b3-2+. The topological polar surface area (TPSA) is 47.6 Å². The molecule has 2 fully saturated rings. The van der Waals surface area contributed by atoms with Crippen LogP contribution in [0.1, 0.15) is 45.4 Å². The van der Waals surface area contributed by atoms with Crippen molar-refractivity contribution in [2.45, 2.75) is 51.2 Å². The molecule has 1 N–H and O–H groups in total. The molecule has 1 saturated heterocycles. The lowest BCUT2D eigenvalue weighted by Crippen LogP contribution is -2.36. The molecule has 19 heavy (non-hydrogen) atoms. The number of amides is 1. The second-order valence-electron chi connectivity index (χ2n) is 5.46. The van der Waals surface area contributed by atoms with Gasteiger partial charge in [-0.2, -0.15) is 0 Å². The van der Waals surface area contributed by atoms with E-state index in [-0.39, 0.29) is 11.7 Å². The summed E-state index contributed by atoms with van der Waals surface area (Å²) in [5.74, 6) is 0.359. The average Bonchev–Trinajstić information content (AvgIpc) is 2.86. The number of nitrogens with one attached hydrogen (secondary N) is 1. The van der Waals surface area contributed by atoms with Crippen molar-refractivity contribution in [3.63, 3.8) is 0 Å². The lowest BCUT2D eigenvalue weighted by atomic mass is 9.83. The van der Waals surface area contributed by atoms with Crippen molar-refractivity contribution in [1.29, 1.82) is 0 Å². The number of carbonyl (C=O) groups is 1. The Morgan fingerprint density at radius 2 is 2.00 bits per heavy atom. The second kappa shape index (κ2) is 7.06. The molecule has 0 aromatic heterocycles. The van der Waals surface area contributed by atoms with E-state index in [1.54, 1.807) is 0 Å². The molecule has 1 saturated carbocycles. The first kappa shape index (κ1) is 14.5. The Morgan fingerprint density at radius 1 is 1.32 bits per heavy atom. The molecule has 0 radical (unpaired) electrons. The van der Waals surface area contributed by atoms with Gasteiger partial charge < -0.3 is 14.8 Å². The number of hydrogen-bond acceptors (Lipinski definition) is 3. The summed E-state index contributed by atoms with van der Waals surface area (Å²) in [4.78, 5) is 11.8. The molecule has 2 rings (SSSR count). The van der Waals surface area contributed by atoms with Crippen LogP contribution in [-0.4, -0.2) is 31.5 Å². The third kappa shape index (κ3) is 4.32. The molecular weight excluding hydrogens is 242 g/mol. The zero-order chi connectivity index (χ0) is 13.6. The van der Waals surface area contributed by atoms with E-state index in [0.29, 0.717) is 12.3 Å². The second-order valence-corrected chi connectivity index (χ2v) is 5.46. The minimum Gasteiger partial charge on any atom is -0.356 e. The van der Waals surface area contributed by atoms with E-state index in [1.165, 1.54) is 0 Å². The van der Waals surface area contributed by atoms with Gasteiger partial charge in [-0.25, -0.2) is 0 Å². The van der Waals surface area contributed by atoms with Crippen LogP contribution in [0.4, 0.5) is 0 Å². The number of rotatable bonds is 5. The molecule has 108 valence electrons. The Kier molecular flexibility index (Phi) is 5.40. The molecule has 0 unspecified atom stereocenters. The maximum atomic E-state index is 11.8. The third-order valence-corrected chi connectivity index (χ3v) is 4.02. The molecule has 2 aliphatic rings. The summed E-state index contributed by atoms with van der Waals surface area (Å²) in [6, 6.07) is 0. The van der Waals surface area contributed by atoms with Crippen LogP contribution in [0.25, 0.3) is 0 Å². The predicted molar refractivity (Wildman–Crippen MR) is 73.7 cm³/mol. The van der Waals surface area contributed by atoms with Gasteiger partial charge in [0.15, 0.2) is 5.79 Å². The van der Waals surface area contributed by atoms with Gasteiger partial charge in [-0.3, -0.25) is 4.79 Å². The molecule has 1 heterocycles. The van der Waals surface area contributed by atoms with E-state index in [9.17, 15) is 4.79 Å². The van der Waals surface area contributed by atoms with Crippen LogP contribution < -0.4 is 5.32 Å². The van der Waals surface area contributed by atoms with Gasteiger partial charge in [-0.05, 0) is 32.1 Å². The van der Waals surface area contributed by atoms with Gasteiger partial charge in [0.05, 0.1) is 13.2 Å². The molecule has 0 aromatic rings. The van der Waals surface area contributed by atoms with Crippen molar-refractivity contribution in [1.82, 2.24) is 5.32 Å². The maximum Gasteiger partial charge on any atom is 0.220 e. The number of carbonyl (C=O) groups excluding carboxylic acids is 1. The van der Waals surface area contributed by atoms with Gasteiger partial charge in [0.2, 0.25) is 5.91 Å². The van der Waals surface area contributed by atoms with E-state index in [2.05, 4.69) is 11.4 Å². The molecule has 1 amide bonds. The van der Waals surface area contributed by atoms with E-state index >= 15 is 0 Å². The summed E-state index contributed by atoms with van der Waals surface area (Å²) in [5.41, 5.74) is 0. The molecule has 0 bridgehead atoms. The summed E-state index contributed by atoms with van der Waals surface area (Å²) < 4.78 is 11.4. The van der Waals surface area contributed by atoms with Crippen LogP contribution >= 0.6 is 0 Å². The summed E-state index contributed by atoms with van der Waals surface area (Å²) in [5, 5.41) is 2.97. The first-order valence-electron chi connectivity index (χ1n) is 7.40. The highest BCUT2D eigenvalue weighted by molar-refractivity contribution is 5.76. The van der Waals surface area contributed by atoms with Crippen LogP contribution in [-0.2, 0) is 14.3 Å². The number of ether oxygens (including phenoxy) is 2. The van der Waals surface area contributed by atoms with Gasteiger partial charge >= 0.3 is 0 Å². The largest absolute Gasteiger partial charge is 0.356 e. The fourth-order valence-electron chi connectivity index (χ4n) is 2.90. The highest BCUT2D eigenvalue weighted by Crippen LogP contribution is 2.39. The molecule has 1 aliphatic carbocycles. The molecule has 4 nitrogen and oxygen atoms in total. The van der Waals surface area contributed by atoms with Crippen molar-refractivity contribution in [3.8, 4) is 0 Å². The molecule has 1 aliphatic heterocycles. The Bertz CT molecular complexity index is 311. The Hall–Kier alpha value is -0.870. The average molecular weight is 267 g/mol. The Morgan fingerprint density at radius 3 is 2.63 bits per heavy atom. The number of hydrogen-bond donors (Lipinski definition) is 1. The van der Waals surface area contributed by atoms with E-state index < -0.39 is 0 Å². The normalized spacial score (nSPS) is 23.2. The first-order chi connectivity index (χ1) is 9.24. The molecule has 4 heteroatoms. The van der Waals surface area contributed by atoms with Crippen molar-refractivity contribution in [2.24, 2.45) is 5.92 Å². The zero-order valence-electron chi connectivity index (χ0n) is 11.8. The van der Waals surface area contributed by atoms with Gasteiger partial charge in [-0.1, -0.05) is 12.2 Å². The van der Waals surface area contributed by atoms with Gasteiger partial charge in [-0.15, -0.1) is 0 Å². The van der Waals surface area contributed by atoms with Gasteiger partial charge in [0.1, 0.15) is 0 Å². The smallest absolute Gasteiger partial charge is 0.220 e. The van der Waals surface area contributed by atoms with Crippen molar-refractivity contribution < 1.29 is 14.3 Å². The minimum absolute atomic E-state index is 0.179. The highest BCUT2D eigenvalue weighted by atomic mass is 16.7. The molecule has 0 aromatic carbocycles. The van der Waals surface area contributed by atoms with Crippen molar-refractivity contribution in [2.75, 3.05) is 19.8 Å². The van der Waals surface area contributed by atoms with Crippen LogP contribution in [0.3, 0.4) is 0 Å². The summed E-state index contributed by atoms with van der Waals surface area (Å²) in [7, 11) is 0. The van der Waals surface area contributed by atoms with E-state index in [1.807, 2.05) is 13.0 Å². The maximum absolute atomic E-state index is 11.8. The third-order valence-electron chi connectivity index (χ3n) is 4.02. The summed E-state index contributed by atoms with van der Waals surface area (Å²) in [6.45, 7) is 4.17. The number of allylic oxidation sites excluding steroid dienone is 1. The van der Waals surface area contributed by atoms with Crippen LogP contribution in [0, 0.1) is 5.92 Å². The zero-order valence-corrected chi connectivity index (χ0v) is 11.8. The van der Waals surface area contributed by atoms with Crippen LogP contribution in [0.15, 0.2) is 12.2 Å². The fourth-order valence-corrected chi connectivity index (χ4v) is 2.90. The van der Waals surface area contributed by atoms with E-state index in [4.69, 9.17) is 9.47 Å². The van der Waals surface area contributed by atoms with E-state index in [0.717, 1.165) is 51.9 Å². The lowest BCUT2D eigenvalue weighted by molar-refractivity contribution is -0.183. The summed E-state index contributed by atoms with van der Waals surface area (Å²) in [6.07, 6.45) is 9.56. The first-order valence-corrected chi connectivity index (χ1v) is 7.40. The minimum atomic E-state index is -0.307.